The van der Waals surface area contributed by atoms with E-state index in [1.54, 1.807) is 0 Å². The highest BCUT2D eigenvalue weighted by molar-refractivity contribution is 7.17. The number of carbonyl (C=O) groups is 2. The molecule has 4 rings (SSSR count). The Morgan fingerprint density at radius 3 is 2.44 bits per heavy atom. The average Bonchev–Trinajstić information content (AvgIpc) is 3.16. The van der Waals surface area contributed by atoms with Gasteiger partial charge in [-0.15, -0.1) is 11.3 Å². The van der Waals surface area contributed by atoms with Gasteiger partial charge in [0.1, 0.15) is 10.8 Å². The summed E-state index contributed by atoms with van der Waals surface area (Å²) in [4.78, 5) is 27.2. The Morgan fingerprint density at radius 1 is 1.00 bits per heavy atom. The fourth-order valence-electron chi connectivity index (χ4n) is 4.64. The number of ether oxygens (including phenoxy) is 1. The highest BCUT2D eigenvalue weighted by atomic mass is 32.1. The smallest absolute Gasteiger partial charge is 0.262 e. The molecule has 5 nitrogen and oxygen atoms in total. The van der Waals surface area contributed by atoms with Gasteiger partial charge in [-0.25, -0.2) is 0 Å². The number of thiophene rings is 1. The number of amides is 2. The molecule has 3 aromatic rings. The van der Waals surface area contributed by atoms with E-state index < -0.39 is 0 Å². The van der Waals surface area contributed by atoms with E-state index in [0.29, 0.717) is 17.1 Å². The molecular weight excluding hydrogens is 444 g/mol. The van der Waals surface area contributed by atoms with Crippen LogP contribution >= 0.6 is 11.3 Å². The summed E-state index contributed by atoms with van der Waals surface area (Å²) in [7, 11) is 0. The Morgan fingerprint density at radius 2 is 1.71 bits per heavy atom. The molecule has 1 heterocycles. The predicted octanol–water partition coefficient (Wildman–Crippen LogP) is 5.54. The number of hydrogen-bond donors (Lipinski definition) is 2. The molecule has 178 valence electrons. The van der Waals surface area contributed by atoms with E-state index in [2.05, 4.69) is 22.8 Å². The zero-order valence-corrected chi connectivity index (χ0v) is 20.9. The molecule has 1 aliphatic carbocycles. The van der Waals surface area contributed by atoms with Crippen molar-refractivity contribution >= 4 is 28.2 Å². The third-order valence-corrected chi connectivity index (χ3v) is 7.35. The number of rotatable bonds is 8. The van der Waals surface area contributed by atoms with Crippen molar-refractivity contribution in [2.24, 2.45) is 0 Å². The molecule has 0 spiro atoms. The molecule has 1 aromatic heterocycles. The van der Waals surface area contributed by atoms with Crippen LogP contribution in [0.4, 0.5) is 5.00 Å². The van der Waals surface area contributed by atoms with Crippen LogP contribution in [0.2, 0.25) is 0 Å². The molecule has 2 N–H and O–H groups in total. The number of hydrogen-bond acceptors (Lipinski definition) is 4. The molecule has 0 atom stereocenters. The zero-order valence-electron chi connectivity index (χ0n) is 20.1. The minimum atomic E-state index is -0.253. The molecule has 0 fully saturated rings. The van der Waals surface area contributed by atoms with E-state index in [-0.39, 0.29) is 18.4 Å². The maximum absolute atomic E-state index is 13.2. The lowest BCUT2D eigenvalue weighted by Gasteiger charge is -2.14. The van der Waals surface area contributed by atoms with Crippen LogP contribution in [0, 0.1) is 20.8 Å². The maximum atomic E-state index is 13.2. The van der Waals surface area contributed by atoms with Crippen LogP contribution in [-0.2, 0) is 24.1 Å². The third kappa shape index (κ3) is 5.68. The van der Waals surface area contributed by atoms with Crippen molar-refractivity contribution in [2.45, 2.75) is 52.9 Å². The Hall–Kier alpha value is -3.12. The van der Waals surface area contributed by atoms with Gasteiger partial charge in [0, 0.05) is 11.4 Å². The number of benzene rings is 2. The molecule has 0 saturated carbocycles. The lowest BCUT2D eigenvalue weighted by Crippen LogP contribution is -2.28. The number of nitrogens with one attached hydrogen (secondary N) is 2. The van der Waals surface area contributed by atoms with Gasteiger partial charge in [-0.2, -0.15) is 0 Å². The Bertz CT molecular complexity index is 1160. The van der Waals surface area contributed by atoms with E-state index in [1.165, 1.54) is 27.3 Å². The molecule has 2 amide bonds. The van der Waals surface area contributed by atoms with Crippen molar-refractivity contribution in [3.8, 4) is 5.75 Å². The van der Waals surface area contributed by atoms with E-state index in [0.717, 1.165) is 54.5 Å². The summed E-state index contributed by atoms with van der Waals surface area (Å²) in [6.07, 6.45) is 4.78. The second kappa shape index (κ2) is 10.9. The zero-order chi connectivity index (χ0) is 24.1. The van der Waals surface area contributed by atoms with Crippen LogP contribution in [-0.4, -0.2) is 25.0 Å². The summed E-state index contributed by atoms with van der Waals surface area (Å²) in [5.41, 5.74) is 6.09. The predicted molar refractivity (Wildman–Crippen MR) is 138 cm³/mol. The first-order valence-corrected chi connectivity index (χ1v) is 12.7. The van der Waals surface area contributed by atoms with Crippen molar-refractivity contribution in [1.82, 2.24) is 5.32 Å². The summed E-state index contributed by atoms with van der Waals surface area (Å²) in [6, 6.07) is 14.2. The van der Waals surface area contributed by atoms with Gasteiger partial charge in [-0.05, 0) is 75.1 Å². The first-order chi connectivity index (χ1) is 16.4. The quantitative estimate of drug-likeness (QED) is 0.448. The minimum Gasteiger partial charge on any atom is -0.483 e. The van der Waals surface area contributed by atoms with Gasteiger partial charge in [0.05, 0.1) is 5.56 Å². The van der Waals surface area contributed by atoms with Crippen LogP contribution < -0.4 is 15.4 Å². The monoisotopic (exact) mass is 476 g/mol. The average molecular weight is 477 g/mol. The van der Waals surface area contributed by atoms with Crippen molar-refractivity contribution in [2.75, 3.05) is 18.5 Å². The van der Waals surface area contributed by atoms with Gasteiger partial charge >= 0.3 is 0 Å². The molecule has 0 bridgehead atoms. The number of carbonyl (C=O) groups excluding carboxylic acids is 2. The first kappa shape index (κ1) is 24.0. The molecule has 1 aliphatic rings. The summed E-state index contributed by atoms with van der Waals surface area (Å²) in [6.45, 7) is 6.47. The van der Waals surface area contributed by atoms with E-state index in [4.69, 9.17) is 4.74 Å². The van der Waals surface area contributed by atoms with Gasteiger partial charge in [-0.3, -0.25) is 9.59 Å². The Balaban J connectivity index is 1.44. The summed E-state index contributed by atoms with van der Waals surface area (Å²) in [5, 5.41) is 6.67. The van der Waals surface area contributed by atoms with Crippen molar-refractivity contribution in [3.63, 3.8) is 0 Å². The molecule has 6 heteroatoms. The largest absolute Gasteiger partial charge is 0.483 e. The van der Waals surface area contributed by atoms with Gasteiger partial charge in [-0.1, -0.05) is 48.0 Å². The normalized spacial score (nSPS) is 12.7. The van der Waals surface area contributed by atoms with Crippen molar-refractivity contribution in [3.05, 3.63) is 80.7 Å². The lowest BCUT2D eigenvalue weighted by atomic mass is 9.95. The number of anilines is 1. The highest BCUT2D eigenvalue weighted by Gasteiger charge is 2.26. The molecule has 34 heavy (non-hydrogen) atoms. The molecule has 2 aromatic carbocycles. The molecule has 0 unspecified atom stereocenters. The Kier molecular flexibility index (Phi) is 7.68. The Labute approximate surface area is 205 Å². The molecule has 0 aliphatic heterocycles. The SMILES string of the molecule is Cc1cc(C)c(OCC(=O)Nc2sc3c(c2C(=O)NCCc2ccccc2)CCCC3)c(C)c1. The summed E-state index contributed by atoms with van der Waals surface area (Å²) in [5.74, 6) is 0.373. The molecular formula is C28H32N2O3S. The van der Waals surface area contributed by atoms with Gasteiger partial charge in [0.15, 0.2) is 6.61 Å². The fourth-order valence-corrected chi connectivity index (χ4v) is 5.95. The van der Waals surface area contributed by atoms with Crippen molar-refractivity contribution < 1.29 is 14.3 Å². The van der Waals surface area contributed by atoms with Gasteiger partial charge in [0.2, 0.25) is 0 Å². The van der Waals surface area contributed by atoms with E-state index in [1.807, 2.05) is 51.1 Å². The number of aryl methyl sites for hydroxylation is 4. The molecule has 0 radical (unpaired) electrons. The maximum Gasteiger partial charge on any atom is 0.262 e. The standard InChI is InChI=1S/C28H32N2O3S/c1-18-15-19(2)26(20(3)16-18)33-17-24(31)30-28-25(22-11-7-8-12-23(22)34-28)27(32)29-14-13-21-9-5-4-6-10-21/h4-6,9-10,15-16H,7-8,11-14,17H2,1-3H3,(H,29,32)(H,30,31). The lowest BCUT2D eigenvalue weighted by molar-refractivity contribution is -0.118. The third-order valence-electron chi connectivity index (χ3n) is 6.15. The van der Waals surface area contributed by atoms with Crippen LogP contribution in [0.15, 0.2) is 42.5 Å². The first-order valence-electron chi connectivity index (χ1n) is 11.9. The number of fused-ring (bicyclic) bond motifs is 1. The topological polar surface area (TPSA) is 67.4 Å². The van der Waals surface area contributed by atoms with Crippen LogP contribution in [0.3, 0.4) is 0 Å². The van der Waals surface area contributed by atoms with E-state index >= 15 is 0 Å². The molecule has 0 saturated heterocycles. The van der Waals surface area contributed by atoms with Crippen LogP contribution in [0.1, 0.15) is 55.9 Å². The van der Waals surface area contributed by atoms with Gasteiger partial charge < -0.3 is 15.4 Å². The van der Waals surface area contributed by atoms with Gasteiger partial charge in [0.25, 0.3) is 11.8 Å². The minimum absolute atomic E-state index is 0.0949. The fraction of sp³-hybridized carbons (Fsp3) is 0.357. The summed E-state index contributed by atoms with van der Waals surface area (Å²) >= 11 is 1.53. The van der Waals surface area contributed by atoms with Crippen LogP contribution in [0.5, 0.6) is 5.75 Å². The van der Waals surface area contributed by atoms with Crippen molar-refractivity contribution in [1.29, 1.82) is 0 Å². The second-order valence-electron chi connectivity index (χ2n) is 8.97. The second-order valence-corrected chi connectivity index (χ2v) is 10.1. The highest BCUT2D eigenvalue weighted by Crippen LogP contribution is 2.38. The van der Waals surface area contributed by atoms with Crippen LogP contribution in [0.25, 0.3) is 0 Å². The summed E-state index contributed by atoms with van der Waals surface area (Å²) < 4.78 is 5.86. The van der Waals surface area contributed by atoms with E-state index in [9.17, 15) is 9.59 Å².